The predicted molar refractivity (Wildman–Crippen MR) is 65.4 cm³/mol. The van der Waals surface area contributed by atoms with E-state index in [2.05, 4.69) is 6.58 Å². The van der Waals surface area contributed by atoms with Crippen molar-refractivity contribution in [2.45, 2.75) is 13.8 Å². The normalized spacial score (nSPS) is 16.4. The van der Waals surface area contributed by atoms with E-state index >= 15 is 0 Å². The molecular formula is C14H16O3. The lowest BCUT2D eigenvalue weighted by molar-refractivity contribution is 0.0907. The number of allylic oxidation sites excluding steroid dienone is 1. The van der Waals surface area contributed by atoms with E-state index in [1.807, 2.05) is 13.8 Å². The molecule has 0 aromatic heterocycles. The maximum atomic E-state index is 12.2. The van der Waals surface area contributed by atoms with E-state index in [1.54, 1.807) is 24.3 Å². The van der Waals surface area contributed by atoms with E-state index < -0.39 is 0 Å². The molecule has 0 radical (unpaired) electrons. The third-order valence-electron chi connectivity index (χ3n) is 3.23. The molecule has 1 aromatic rings. The zero-order valence-corrected chi connectivity index (χ0v) is 10.1. The van der Waals surface area contributed by atoms with E-state index in [0.29, 0.717) is 17.1 Å². The minimum atomic E-state index is -0.0760. The monoisotopic (exact) mass is 232 g/mol. The number of carbonyl (C=O) groups is 1. The highest BCUT2D eigenvalue weighted by Gasteiger charge is 2.22. The number of Topliss-reactive ketones (excluding diaryl/α,β-unsaturated/α-hetero) is 1. The van der Waals surface area contributed by atoms with Gasteiger partial charge in [-0.1, -0.05) is 19.9 Å². The summed E-state index contributed by atoms with van der Waals surface area (Å²) in [4.78, 5) is 12.2. The number of ketones is 1. The van der Waals surface area contributed by atoms with E-state index in [1.165, 1.54) is 0 Å². The summed E-state index contributed by atoms with van der Waals surface area (Å²) in [5.41, 5.74) is 0.662. The Morgan fingerprint density at radius 2 is 2.06 bits per heavy atom. The van der Waals surface area contributed by atoms with Crippen LogP contribution in [0.25, 0.3) is 0 Å². The van der Waals surface area contributed by atoms with Gasteiger partial charge in [-0.3, -0.25) is 4.79 Å². The number of ether oxygens (including phenoxy) is 2. The number of hydrogen-bond acceptors (Lipinski definition) is 3. The first kappa shape index (κ1) is 11.7. The molecule has 0 amide bonds. The van der Waals surface area contributed by atoms with Crippen LogP contribution in [0.3, 0.4) is 0 Å². The average molecular weight is 232 g/mol. The molecule has 1 aromatic carbocycles. The number of benzene rings is 1. The Morgan fingerprint density at radius 3 is 2.76 bits per heavy atom. The summed E-state index contributed by atoms with van der Waals surface area (Å²) in [5, 5.41) is 0. The van der Waals surface area contributed by atoms with Crippen molar-refractivity contribution in [3.63, 3.8) is 0 Å². The Kier molecular flexibility index (Phi) is 3.18. The highest BCUT2D eigenvalue weighted by molar-refractivity contribution is 5.98. The second-order valence-electron chi connectivity index (χ2n) is 4.32. The highest BCUT2D eigenvalue weighted by Crippen LogP contribution is 2.33. The van der Waals surface area contributed by atoms with Gasteiger partial charge in [-0.25, -0.2) is 0 Å². The summed E-state index contributed by atoms with van der Waals surface area (Å²) in [6, 6.07) is 5.31. The Morgan fingerprint density at radius 1 is 1.35 bits per heavy atom. The lowest BCUT2D eigenvalue weighted by atomic mass is 9.88. The lowest BCUT2D eigenvalue weighted by Crippen LogP contribution is -2.17. The van der Waals surface area contributed by atoms with Crippen molar-refractivity contribution in [3.05, 3.63) is 36.4 Å². The van der Waals surface area contributed by atoms with Gasteiger partial charge in [0.1, 0.15) is 0 Å². The molecule has 0 N–H and O–H groups in total. The van der Waals surface area contributed by atoms with Crippen LogP contribution in [0.5, 0.6) is 11.5 Å². The number of carbonyl (C=O) groups excluding carboxylic acids is 1. The Balaban J connectivity index is 2.23. The van der Waals surface area contributed by atoms with Crippen LogP contribution in [0.4, 0.5) is 0 Å². The molecule has 17 heavy (non-hydrogen) atoms. The zero-order valence-electron chi connectivity index (χ0n) is 10.1. The molecule has 0 aliphatic carbocycles. The number of fused-ring (bicyclic) bond motifs is 1. The summed E-state index contributed by atoms with van der Waals surface area (Å²) in [7, 11) is 0. The number of hydrogen-bond donors (Lipinski definition) is 0. The largest absolute Gasteiger partial charge is 0.454 e. The maximum absolute atomic E-state index is 12.2. The van der Waals surface area contributed by atoms with Crippen LogP contribution >= 0.6 is 0 Å². The molecule has 1 aliphatic heterocycles. The molecule has 0 unspecified atom stereocenters. The van der Waals surface area contributed by atoms with E-state index in [0.717, 1.165) is 0 Å². The maximum Gasteiger partial charge on any atom is 0.231 e. The molecule has 1 heterocycles. The first-order valence-corrected chi connectivity index (χ1v) is 5.70. The lowest BCUT2D eigenvalue weighted by Gasteiger charge is -2.15. The van der Waals surface area contributed by atoms with Gasteiger partial charge in [-0.2, -0.15) is 0 Å². The minimum Gasteiger partial charge on any atom is -0.454 e. The van der Waals surface area contributed by atoms with Crippen molar-refractivity contribution in [2.24, 2.45) is 11.8 Å². The minimum absolute atomic E-state index is 0.0760. The Bertz CT molecular complexity index is 451. The molecule has 3 heteroatoms. The second-order valence-corrected chi connectivity index (χ2v) is 4.32. The standard InChI is InChI=1S/C14H16O3/c1-4-9(2)10(3)14(15)11-5-6-12-13(7-11)17-8-16-12/h4-7,9-10H,1,8H2,2-3H3/t9-,10+/m0/s1. The van der Waals surface area contributed by atoms with Gasteiger partial charge in [0.05, 0.1) is 0 Å². The van der Waals surface area contributed by atoms with Crippen molar-refractivity contribution in [3.8, 4) is 11.5 Å². The van der Waals surface area contributed by atoms with Gasteiger partial charge >= 0.3 is 0 Å². The third kappa shape index (κ3) is 2.18. The predicted octanol–water partition coefficient (Wildman–Crippen LogP) is 3.06. The molecule has 2 atom stereocenters. The van der Waals surface area contributed by atoms with Crippen LogP contribution in [0, 0.1) is 11.8 Å². The van der Waals surface area contributed by atoms with E-state index in [9.17, 15) is 4.79 Å². The molecule has 1 aliphatic rings. The smallest absolute Gasteiger partial charge is 0.231 e. The molecule has 3 nitrogen and oxygen atoms in total. The van der Waals surface area contributed by atoms with Crippen molar-refractivity contribution in [1.29, 1.82) is 0 Å². The molecule has 0 bridgehead atoms. The quantitative estimate of drug-likeness (QED) is 0.591. The van der Waals surface area contributed by atoms with Crippen LogP contribution in [0.1, 0.15) is 24.2 Å². The van der Waals surface area contributed by atoms with Gasteiger partial charge in [0, 0.05) is 11.5 Å². The fourth-order valence-corrected chi connectivity index (χ4v) is 1.76. The van der Waals surface area contributed by atoms with Gasteiger partial charge in [-0.15, -0.1) is 6.58 Å². The Hall–Kier alpha value is -1.77. The van der Waals surface area contributed by atoms with E-state index in [4.69, 9.17) is 9.47 Å². The molecule has 0 spiro atoms. The van der Waals surface area contributed by atoms with Gasteiger partial charge in [-0.05, 0) is 24.1 Å². The van der Waals surface area contributed by atoms with Gasteiger partial charge in [0.2, 0.25) is 6.79 Å². The summed E-state index contributed by atoms with van der Waals surface area (Å²) in [6.45, 7) is 7.85. The summed E-state index contributed by atoms with van der Waals surface area (Å²) in [5.74, 6) is 1.54. The summed E-state index contributed by atoms with van der Waals surface area (Å²) in [6.07, 6.45) is 1.80. The summed E-state index contributed by atoms with van der Waals surface area (Å²) >= 11 is 0. The fourth-order valence-electron chi connectivity index (χ4n) is 1.76. The topological polar surface area (TPSA) is 35.5 Å². The van der Waals surface area contributed by atoms with Crippen molar-refractivity contribution in [2.75, 3.05) is 6.79 Å². The Labute approximate surface area is 101 Å². The van der Waals surface area contributed by atoms with Crippen molar-refractivity contribution in [1.82, 2.24) is 0 Å². The van der Waals surface area contributed by atoms with Crippen LogP contribution in [-0.4, -0.2) is 12.6 Å². The van der Waals surface area contributed by atoms with Crippen LogP contribution < -0.4 is 9.47 Å². The molecule has 90 valence electrons. The van der Waals surface area contributed by atoms with E-state index in [-0.39, 0.29) is 24.4 Å². The van der Waals surface area contributed by atoms with Crippen molar-refractivity contribution >= 4 is 5.78 Å². The van der Waals surface area contributed by atoms with Crippen LogP contribution in [-0.2, 0) is 0 Å². The highest BCUT2D eigenvalue weighted by atomic mass is 16.7. The van der Waals surface area contributed by atoms with Gasteiger partial charge in [0.15, 0.2) is 17.3 Å². The third-order valence-corrected chi connectivity index (χ3v) is 3.23. The molecule has 0 fully saturated rings. The van der Waals surface area contributed by atoms with Crippen molar-refractivity contribution < 1.29 is 14.3 Å². The van der Waals surface area contributed by atoms with Crippen LogP contribution in [0.2, 0.25) is 0 Å². The molecule has 2 rings (SSSR count). The molecule has 0 saturated heterocycles. The first-order chi connectivity index (χ1) is 8.13. The second kappa shape index (κ2) is 4.62. The number of rotatable bonds is 4. The molecular weight excluding hydrogens is 216 g/mol. The van der Waals surface area contributed by atoms with Crippen LogP contribution in [0.15, 0.2) is 30.9 Å². The van der Waals surface area contributed by atoms with Gasteiger partial charge in [0.25, 0.3) is 0 Å². The fraction of sp³-hybridized carbons (Fsp3) is 0.357. The van der Waals surface area contributed by atoms with Gasteiger partial charge < -0.3 is 9.47 Å². The average Bonchev–Trinajstić information content (AvgIpc) is 2.83. The zero-order chi connectivity index (χ0) is 12.4. The SMILES string of the molecule is C=C[C@H](C)[C@@H](C)C(=O)c1ccc2c(c1)OCO2. The molecule has 0 saturated carbocycles. The summed E-state index contributed by atoms with van der Waals surface area (Å²) < 4.78 is 10.5. The first-order valence-electron chi connectivity index (χ1n) is 5.70.